The number of hydrogen-bond donors (Lipinski definition) is 3. The minimum atomic E-state index is -1.12. The fraction of sp³-hybridized carbons (Fsp3) is 0.280. The molecule has 1 aliphatic carbocycles. The summed E-state index contributed by atoms with van der Waals surface area (Å²) in [6.07, 6.45) is 7.73. The number of halogens is 1. The average molecular weight is 468 g/mol. The molecule has 0 spiro atoms. The van der Waals surface area contributed by atoms with Crippen LogP contribution in [0.3, 0.4) is 0 Å². The van der Waals surface area contributed by atoms with Crippen molar-refractivity contribution in [2.45, 2.75) is 38.3 Å². The molecule has 0 saturated heterocycles. The molecule has 5 N–H and O–H groups in total. The number of carbonyl (C=O) groups is 2. The van der Waals surface area contributed by atoms with Gasteiger partial charge in [0.05, 0.1) is 10.6 Å². The lowest BCUT2D eigenvalue weighted by molar-refractivity contribution is 0.0691. The Labute approximate surface area is 197 Å². The number of hydrogen-bond acceptors (Lipinski definition) is 5. The number of benzene rings is 2. The van der Waals surface area contributed by atoms with Crippen LogP contribution in [0.4, 0.5) is 0 Å². The van der Waals surface area contributed by atoms with Crippen molar-refractivity contribution in [2.75, 3.05) is 6.61 Å². The van der Waals surface area contributed by atoms with Crippen molar-refractivity contribution in [3.8, 4) is 5.75 Å². The minimum absolute atomic E-state index is 0.0209. The summed E-state index contributed by atoms with van der Waals surface area (Å²) in [5.41, 5.74) is 15.1. The predicted molar refractivity (Wildman–Crippen MR) is 127 cm³/mol. The number of ether oxygens (including phenoxy) is 1. The Bertz CT molecular complexity index is 1150. The maximum absolute atomic E-state index is 12.7. The van der Waals surface area contributed by atoms with Crippen LogP contribution in [0, 0.1) is 0 Å². The van der Waals surface area contributed by atoms with Crippen molar-refractivity contribution in [3.63, 3.8) is 0 Å². The number of nitrogens with zero attached hydrogens (tertiary/aromatic N) is 1. The molecule has 0 atom stereocenters. The van der Waals surface area contributed by atoms with Crippen molar-refractivity contribution >= 4 is 29.2 Å². The number of allylic oxidation sites excluding steroid dienone is 2. The van der Waals surface area contributed by atoms with Crippen molar-refractivity contribution in [1.29, 1.82) is 0 Å². The van der Waals surface area contributed by atoms with E-state index >= 15 is 0 Å². The van der Waals surface area contributed by atoms with Crippen LogP contribution in [0.15, 0.2) is 54.2 Å². The molecule has 0 radical (unpaired) electrons. The molecule has 172 valence electrons. The van der Waals surface area contributed by atoms with Gasteiger partial charge in [-0.25, -0.2) is 4.79 Å². The molecule has 7 nitrogen and oxygen atoms in total. The lowest BCUT2D eigenvalue weighted by atomic mass is 10.1. The van der Waals surface area contributed by atoms with E-state index in [1.165, 1.54) is 25.0 Å². The average Bonchev–Trinajstić information content (AvgIpc) is 3.44. The van der Waals surface area contributed by atoms with E-state index in [2.05, 4.69) is 0 Å². The van der Waals surface area contributed by atoms with Gasteiger partial charge in [-0.3, -0.25) is 4.79 Å². The van der Waals surface area contributed by atoms with Gasteiger partial charge in [0.15, 0.2) is 0 Å². The second kappa shape index (κ2) is 9.58. The first-order valence-electron chi connectivity index (χ1n) is 10.8. The Morgan fingerprint density at radius 1 is 1.15 bits per heavy atom. The normalized spacial score (nSPS) is 16.9. The third kappa shape index (κ3) is 4.98. The smallest absolute Gasteiger partial charge is 0.337 e. The van der Waals surface area contributed by atoms with Crippen LogP contribution in [0.5, 0.6) is 5.75 Å². The molecule has 33 heavy (non-hydrogen) atoms. The summed E-state index contributed by atoms with van der Waals surface area (Å²) in [6, 6.07) is 10.4. The van der Waals surface area contributed by atoms with E-state index in [1.807, 2.05) is 17.0 Å². The summed E-state index contributed by atoms with van der Waals surface area (Å²) in [5.74, 6) is -0.371. The first-order chi connectivity index (χ1) is 15.8. The molecule has 8 heteroatoms. The third-order valence-electron chi connectivity index (χ3n) is 6.09. The highest BCUT2D eigenvalue weighted by atomic mass is 35.5. The molecule has 0 unspecified atom stereocenters. The molecule has 1 aliphatic heterocycles. The van der Waals surface area contributed by atoms with Gasteiger partial charge in [0.2, 0.25) is 0 Å². The second-order valence-corrected chi connectivity index (χ2v) is 8.75. The number of carbonyl (C=O) groups excluding carboxylic acids is 1. The van der Waals surface area contributed by atoms with E-state index in [-0.39, 0.29) is 23.1 Å². The number of rotatable bonds is 7. The van der Waals surface area contributed by atoms with Gasteiger partial charge in [0.25, 0.3) is 5.91 Å². The topological polar surface area (TPSA) is 119 Å². The van der Waals surface area contributed by atoms with Gasteiger partial charge in [-0.15, -0.1) is 0 Å². The van der Waals surface area contributed by atoms with Crippen LogP contribution in [0.1, 0.15) is 57.5 Å². The largest absolute Gasteiger partial charge is 0.487 e. The van der Waals surface area contributed by atoms with Gasteiger partial charge in [-0.2, -0.15) is 0 Å². The van der Waals surface area contributed by atoms with Crippen LogP contribution in [0.2, 0.25) is 5.02 Å². The van der Waals surface area contributed by atoms with E-state index in [0.29, 0.717) is 35.3 Å². The van der Waals surface area contributed by atoms with Gasteiger partial charge in [0.1, 0.15) is 12.4 Å². The molecule has 1 saturated carbocycles. The van der Waals surface area contributed by atoms with Gasteiger partial charge >= 0.3 is 5.97 Å². The summed E-state index contributed by atoms with van der Waals surface area (Å²) >= 11 is 5.90. The fourth-order valence-electron chi connectivity index (χ4n) is 4.30. The Morgan fingerprint density at radius 3 is 2.64 bits per heavy atom. The van der Waals surface area contributed by atoms with Gasteiger partial charge < -0.3 is 26.2 Å². The quantitative estimate of drug-likeness (QED) is 0.526. The van der Waals surface area contributed by atoms with Crippen LogP contribution < -0.4 is 16.2 Å². The first kappa shape index (κ1) is 22.7. The summed E-state index contributed by atoms with van der Waals surface area (Å²) < 4.78 is 5.80. The molecule has 1 heterocycles. The summed E-state index contributed by atoms with van der Waals surface area (Å²) in [7, 11) is 0. The molecule has 0 aromatic heterocycles. The summed E-state index contributed by atoms with van der Waals surface area (Å²) in [4.78, 5) is 25.9. The van der Waals surface area contributed by atoms with Crippen LogP contribution >= 0.6 is 11.6 Å². The molecule has 2 aromatic carbocycles. The molecule has 0 bridgehead atoms. The molecule has 2 aliphatic rings. The number of carboxylic acid groups (broad SMARTS) is 1. The van der Waals surface area contributed by atoms with Crippen LogP contribution in [-0.2, 0) is 6.54 Å². The lowest BCUT2D eigenvalue weighted by Crippen LogP contribution is -2.33. The van der Waals surface area contributed by atoms with E-state index in [4.69, 9.17) is 27.8 Å². The molecule has 1 amide bonds. The molecule has 1 fully saturated rings. The zero-order chi connectivity index (χ0) is 23.5. The Hall–Kier alpha value is -3.45. The highest BCUT2D eigenvalue weighted by Gasteiger charge is 2.34. The zero-order valence-electron chi connectivity index (χ0n) is 18.1. The lowest BCUT2D eigenvalue weighted by Gasteiger charge is -2.23. The maximum Gasteiger partial charge on any atom is 0.337 e. The van der Waals surface area contributed by atoms with Crippen LogP contribution in [-0.4, -0.2) is 34.5 Å². The summed E-state index contributed by atoms with van der Waals surface area (Å²) in [6.45, 7) is 0.768. The van der Waals surface area contributed by atoms with Crippen molar-refractivity contribution in [3.05, 3.63) is 81.5 Å². The number of carboxylic acids is 1. The predicted octanol–water partition coefficient (Wildman–Crippen LogP) is 4.16. The molecular formula is C25H26ClN3O4. The van der Waals surface area contributed by atoms with Crippen molar-refractivity contribution in [1.82, 2.24) is 4.90 Å². The standard InChI is InChI=1S/C25H26ClN3O4/c26-22-9-5-15(12-21(22)25(31)32)23(28)10-6-17(27)14-33-19-7-8-20-16(11-19)13-29(24(20)30)18-3-1-2-4-18/h5-12,18H,1-4,13-14,27-28H2,(H,31,32)/b17-6-,23-10-. The van der Waals surface area contributed by atoms with Crippen molar-refractivity contribution in [2.24, 2.45) is 11.5 Å². The van der Waals surface area contributed by atoms with Gasteiger partial charge in [-0.1, -0.05) is 30.5 Å². The second-order valence-electron chi connectivity index (χ2n) is 8.34. The SMILES string of the molecule is N/C(=C\C=C(/N)c1ccc(Cl)c(C(=O)O)c1)COc1ccc2c(c1)CN(C1CCCC1)C2=O. The fourth-order valence-corrected chi connectivity index (χ4v) is 4.50. The number of fused-ring (bicyclic) bond motifs is 1. The maximum atomic E-state index is 12.7. The highest BCUT2D eigenvalue weighted by molar-refractivity contribution is 6.33. The number of nitrogens with two attached hydrogens (primary N) is 2. The van der Waals surface area contributed by atoms with Crippen molar-refractivity contribution < 1.29 is 19.4 Å². The summed E-state index contributed by atoms with van der Waals surface area (Å²) in [5, 5.41) is 9.34. The van der Waals surface area contributed by atoms with E-state index < -0.39 is 5.97 Å². The Kier molecular flexibility index (Phi) is 6.60. The number of aromatic carboxylic acids is 1. The van der Waals surface area contributed by atoms with E-state index in [9.17, 15) is 14.7 Å². The Balaban J connectivity index is 1.39. The molecule has 2 aromatic rings. The third-order valence-corrected chi connectivity index (χ3v) is 6.42. The monoisotopic (exact) mass is 467 g/mol. The van der Waals surface area contributed by atoms with E-state index in [1.54, 1.807) is 24.3 Å². The zero-order valence-corrected chi connectivity index (χ0v) is 18.8. The highest BCUT2D eigenvalue weighted by Crippen LogP contribution is 2.33. The molecule has 4 rings (SSSR count). The van der Waals surface area contributed by atoms with Gasteiger partial charge in [-0.05, 0) is 66.5 Å². The van der Waals surface area contributed by atoms with Crippen LogP contribution in [0.25, 0.3) is 5.70 Å². The number of amides is 1. The molecular weight excluding hydrogens is 442 g/mol. The van der Waals surface area contributed by atoms with E-state index in [0.717, 1.165) is 24.0 Å². The first-order valence-corrected chi connectivity index (χ1v) is 11.2. The Morgan fingerprint density at radius 2 is 1.91 bits per heavy atom. The minimum Gasteiger partial charge on any atom is -0.487 e. The van der Waals surface area contributed by atoms with Gasteiger partial charge in [0, 0.05) is 29.5 Å².